The van der Waals surface area contributed by atoms with Gasteiger partial charge in [0.2, 0.25) is 0 Å². The van der Waals surface area contributed by atoms with E-state index in [1.807, 2.05) is 0 Å². The normalized spacial score (nSPS) is 20.3. The molecule has 0 unspecified atom stereocenters. The van der Waals surface area contributed by atoms with Crippen LogP contribution >= 0.6 is 0 Å². The smallest absolute Gasteiger partial charge is 0.145 e. The summed E-state index contributed by atoms with van der Waals surface area (Å²) in [6.07, 6.45) is 0. The van der Waals surface area contributed by atoms with Crippen molar-refractivity contribution in [2.24, 2.45) is 0 Å². The van der Waals surface area contributed by atoms with Crippen LogP contribution in [0, 0.1) is 0 Å². The molecular weight excluding hydrogens is 741 g/mol. The van der Waals surface area contributed by atoms with Crippen LogP contribution in [0.4, 0.5) is 17.1 Å². The summed E-state index contributed by atoms with van der Waals surface area (Å²) >= 11 is 0. The topological polar surface area (TPSA) is 21.3 Å². The number of hydrogen-bond acceptors (Lipinski definition) is 2. The summed E-state index contributed by atoms with van der Waals surface area (Å²) in [5.74, 6) is 0. The third kappa shape index (κ3) is 5.82. The van der Waals surface area contributed by atoms with Crippen molar-refractivity contribution in [2.75, 3.05) is 4.90 Å². The zero-order chi connectivity index (χ0) is 73.3. The maximum Gasteiger partial charge on any atom is 0.145 e. The highest BCUT2D eigenvalue weighted by atomic mass is 16.3. The molecule has 0 fully saturated rings. The van der Waals surface area contributed by atoms with E-state index in [0.29, 0.717) is 4.57 Å². The minimum Gasteiger partial charge on any atom is -0.455 e. The van der Waals surface area contributed by atoms with E-state index < -0.39 is 340 Å². The van der Waals surface area contributed by atoms with Gasteiger partial charge in [0.15, 0.2) is 0 Å². The molecule has 2 heterocycles. The molecule has 0 amide bonds. The summed E-state index contributed by atoms with van der Waals surface area (Å²) < 4.78 is 357. The fraction of sp³-hybridized carbons (Fsp3) is 0. The molecule has 0 radical (unpaired) electrons. The van der Waals surface area contributed by atoms with E-state index in [0.717, 1.165) is 0 Å². The molecular formula is C58H38N2O. The van der Waals surface area contributed by atoms with Gasteiger partial charge in [0.25, 0.3) is 0 Å². The van der Waals surface area contributed by atoms with Crippen molar-refractivity contribution in [1.29, 1.82) is 0 Å². The first kappa shape index (κ1) is 13.7. The number of benzene rings is 10. The van der Waals surface area contributed by atoms with Gasteiger partial charge in [-0.1, -0.05) is 163 Å². The lowest BCUT2D eigenvalue weighted by molar-refractivity contribution is 0.670. The van der Waals surface area contributed by atoms with Crippen LogP contribution in [0.25, 0.3) is 93.6 Å². The molecule has 3 heteroatoms. The molecule has 0 saturated carbocycles. The molecule has 10 aromatic carbocycles. The largest absolute Gasteiger partial charge is 0.455 e. The van der Waals surface area contributed by atoms with Crippen LogP contribution in [-0.2, 0) is 0 Å². The summed E-state index contributed by atoms with van der Waals surface area (Å²) in [7, 11) is 0. The molecule has 286 valence electrons. The van der Waals surface area contributed by atoms with Crippen LogP contribution in [0.3, 0.4) is 0 Å². The van der Waals surface area contributed by atoms with E-state index in [2.05, 4.69) is 0 Å². The van der Waals surface area contributed by atoms with Gasteiger partial charge >= 0.3 is 0 Å². The Bertz CT molecular complexity index is 5690. The molecule has 3 nitrogen and oxygen atoms in total. The van der Waals surface area contributed by atoms with Crippen LogP contribution in [0.15, 0.2) is 234 Å². The maximum absolute atomic E-state index is 10.4. The number of hydrogen-bond donors (Lipinski definition) is 0. The Morgan fingerprint density at radius 1 is 0.393 bits per heavy atom. The first-order chi connectivity index (χ1) is 46.1. The van der Waals surface area contributed by atoms with Crippen LogP contribution < -0.4 is 4.90 Å². The number of nitrogens with zero attached hydrogens (tertiary/aromatic N) is 2. The minimum atomic E-state index is -1.48. The van der Waals surface area contributed by atoms with Gasteiger partial charge in [0, 0.05) is 38.5 Å². The highest BCUT2D eigenvalue weighted by molar-refractivity contribution is 6.15. The summed E-state index contributed by atoms with van der Waals surface area (Å²) in [6.45, 7) is 0. The Morgan fingerprint density at radius 2 is 0.934 bits per heavy atom. The Labute approximate surface area is 407 Å². The van der Waals surface area contributed by atoms with Crippen molar-refractivity contribution in [3.8, 4) is 39.1 Å². The van der Waals surface area contributed by atoms with E-state index in [4.69, 9.17) is 27.7 Å². The molecule has 12 aromatic rings. The van der Waals surface area contributed by atoms with Crippen molar-refractivity contribution < 1.29 is 56.5 Å². The molecule has 2 aromatic heterocycles. The van der Waals surface area contributed by atoms with Gasteiger partial charge < -0.3 is 13.9 Å². The monoisotopic (exact) mass is 817 g/mol. The number of aromatic nitrogens is 1. The zero-order valence-electron chi connectivity index (χ0n) is 68.3. The van der Waals surface area contributed by atoms with E-state index in [9.17, 15) is 28.8 Å². The van der Waals surface area contributed by atoms with Crippen LogP contribution in [0.5, 0.6) is 0 Å². The van der Waals surface area contributed by atoms with Gasteiger partial charge in [-0.15, -0.1) is 0 Å². The van der Waals surface area contributed by atoms with Crippen LogP contribution in [0.1, 0.15) is 52.1 Å². The zero-order valence-corrected chi connectivity index (χ0v) is 30.3. The molecule has 0 spiro atoms. The van der Waals surface area contributed by atoms with Crippen molar-refractivity contribution in [3.05, 3.63) is 230 Å². The molecule has 0 aliphatic rings. The van der Waals surface area contributed by atoms with Gasteiger partial charge in [-0.05, 0) is 99.5 Å². The Morgan fingerprint density at radius 3 is 1.66 bits per heavy atom. The number of fused-ring (bicyclic) bond motifs is 7. The highest BCUT2D eigenvalue weighted by Crippen LogP contribution is 2.49. The Balaban J connectivity index is 1.39. The lowest BCUT2D eigenvalue weighted by Crippen LogP contribution is -2.12. The van der Waals surface area contributed by atoms with Crippen LogP contribution in [-0.4, -0.2) is 4.57 Å². The molecule has 0 atom stereocenters. The lowest BCUT2D eigenvalue weighted by atomic mass is 9.96. The summed E-state index contributed by atoms with van der Waals surface area (Å²) in [5, 5.41) is -4.43. The van der Waals surface area contributed by atoms with Crippen molar-refractivity contribution in [1.82, 2.24) is 4.57 Å². The van der Waals surface area contributed by atoms with E-state index in [1.54, 1.807) is 0 Å². The first-order valence-corrected chi connectivity index (χ1v) is 17.7. The number of rotatable bonds is 7. The number of furan rings is 1. The summed E-state index contributed by atoms with van der Waals surface area (Å²) in [4.78, 5) is 0.208. The molecule has 0 bridgehead atoms. The predicted molar refractivity (Wildman–Crippen MR) is 257 cm³/mol. The third-order valence-corrected chi connectivity index (χ3v) is 9.42. The second-order valence-corrected chi connectivity index (χ2v) is 12.8. The molecule has 0 aliphatic heterocycles. The van der Waals surface area contributed by atoms with Crippen molar-refractivity contribution in [3.63, 3.8) is 0 Å². The maximum atomic E-state index is 10.4. The molecule has 0 N–H and O–H groups in total. The first-order valence-electron chi connectivity index (χ1n) is 36.7. The van der Waals surface area contributed by atoms with Gasteiger partial charge in [-0.25, -0.2) is 0 Å². The average Bonchev–Trinajstić information content (AvgIpc) is 1.61. The van der Waals surface area contributed by atoms with Crippen molar-refractivity contribution in [2.45, 2.75) is 0 Å². The van der Waals surface area contributed by atoms with E-state index in [1.165, 1.54) is 0 Å². The molecule has 0 aliphatic carbocycles. The SMILES string of the molecule is [2H]c1c([2H])c([2H])c(-c2c([2H])c([2H])c(N(c3c([2H])c([2H])c(-c4c([2H])c([2H])c5c([2H])c([2H])c([2H])c([2H])c5c4[2H])c([2H])c3[2H])c3c([2H])c([2H])c4c(oc5c([2H])c([2H])c([2H])c([2H])c54)c3-c3c([2H])c([2H])c([2H])c([2H])c3-n3c4c([2H])c([2H])c([2H])c([2H])c4c4c([2H])c([2H])c([2H])c([2H])c43)c([2H])c2[2H])c([2H])c1[2H]. The second kappa shape index (κ2) is 14.3. The van der Waals surface area contributed by atoms with Gasteiger partial charge in [0.05, 0.1) is 80.1 Å². The van der Waals surface area contributed by atoms with Gasteiger partial charge in [-0.3, -0.25) is 0 Å². The molecule has 12 rings (SSSR count). The fourth-order valence-corrected chi connectivity index (χ4v) is 6.81. The van der Waals surface area contributed by atoms with Gasteiger partial charge in [-0.2, -0.15) is 0 Å². The minimum absolute atomic E-state index is 0.208. The second-order valence-electron chi connectivity index (χ2n) is 12.8. The number of para-hydroxylation sites is 4. The number of anilines is 3. The Kier molecular flexibility index (Phi) is 3.21. The molecule has 0 saturated heterocycles. The third-order valence-electron chi connectivity index (χ3n) is 9.42. The highest BCUT2D eigenvalue weighted by Gasteiger charge is 2.26. The average molecular weight is 817 g/mol. The molecule has 61 heavy (non-hydrogen) atoms. The van der Waals surface area contributed by atoms with Gasteiger partial charge in [0.1, 0.15) is 11.2 Å². The van der Waals surface area contributed by atoms with E-state index in [-0.39, 0.29) is 4.90 Å². The standard InChI is InChI=1S/C58H38N2O/c1-2-14-39(15-3-1)41-28-32-45(33-29-41)59(46-34-30-42(31-35-46)44-27-26-40-16-4-5-17-43(40)38-44)55-37-36-50-49-20-9-13-25-56(49)61-58(50)57(55)51-21-8-12-24-54(51)60-52-22-10-6-18-47(52)48-19-7-11-23-53(48)60/h1-38H/i1D,2D,3D,4D,5D,6D,7D,8D,9D,10D,11D,12D,13D,14D,15D,16D,17D,18D,19D,20D,21D,22D,23D,24D,25D,26D,27D,28D,29D,30D,31D,32D,33D,34D,35D,36D,37D,38D. The fourth-order valence-electron chi connectivity index (χ4n) is 6.81. The van der Waals surface area contributed by atoms with Crippen molar-refractivity contribution >= 4 is 71.6 Å². The summed E-state index contributed by atoms with van der Waals surface area (Å²) in [6, 6.07) is -43.6. The predicted octanol–water partition coefficient (Wildman–Crippen LogP) is 16.3. The quantitative estimate of drug-likeness (QED) is 0.160. The summed E-state index contributed by atoms with van der Waals surface area (Å²) in [5.41, 5.74) is -15.5. The van der Waals surface area contributed by atoms with E-state index >= 15 is 0 Å². The Hall–Kier alpha value is -8.14. The van der Waals surface area contributed by atoms with Crippen LogP contribution in [0.2, 0.25) is 0 Å². The lowest BCUT2D eigenvalue weighted by Gasteiger charge is -2.29.